The first-order valence-corrected chi connectivity index (χ1v) is 10.8. The van der Waals surface area contributed by atoms with E-state index in [1.807, 2.05) is 35.2 Å². The predicted molar refractivity (Wildman–Crippen MR) is 118 cm³/mol. The monoisotopic (exact) mass is 451 g/mol. The number of amides is 1. The molecular formula is C22H22BrN5O. The minimum Gasteiger partial charge on any atom is -0.317 e. The summed E-state index contributed by atoms with van der Waals surface area (Å²) in [5.74, 6) is 0.844. The van der Waals surface area contributed by atoms with E-state index in [9.17, 15) is 4.79 Å². The molecule has 29 heavy (non-hydrogen) atoms. The number of amidine groups is 1. The average molecular weight is 452 g/mol. The van der Waals surface area contributed by atoms with Crippen molar-refractivity contribution in [2.75, 3.05) is 37.7 Å². The fourth-order valence-corrected chi connectivity index (χ4v) is 4.49. The van der Waals surface area contributed by atoms with Crippen LogP contribution >= 0.6 is 15.9 Å². The van der Waals surface area contributed by atoms with E-state index in [-0.39, 0.29) is 5.91 Å². The fraction of sp³-hybridized carbons (Fsp3) is 0.318. The second-order valence-electron chi connectivity index (χ2n) is 7.55. The second kappa shape index (κ2) is 7.72. The number of halogens is 1. The third-order valence-electron chi connectivity index (χ3n) is 5.59. The molecule has 7 heteroatoms. The molecule has 6 nitrogen and oxygen atoms in total. The molecule has 0 radical (unpaired) electrons. The summed E-state index contributed by atoms with van der Waals surface area (Å²) in [6.07, 6.45) is 2.38. The van der Waals surface area contributed by atoms with Crippen molar-refractivity contribution >= 4 is 39.1 Å². The molecule has 0 aromatic heterocycles. The lowest BCUT2D eigenvalue weighted by Crippen LogP contribution is -2.51. The summed E-state index contributed by atoms with van der Waals surface area (Å²) in [7, 11) is 0. The molecule has 0 aliphatic carbocycles. The van der Waals surface area contributed by atoms with Gasteiger partial charge in [0, 0.05) is 15.6 Å². The number of hydrogen-bond donors (Lipinski definition) is 0. The molecule has 0 spiro atoms. The minimum absolute atomic E-state index is 0.0256. The van der Waals surface area contributed by atoms with Gasteiger partial charge in [-0.1, -0.05) is 46.3 Å². The maximum absolute atomic E-state index is 12.9. The summed E-state index contributed by atoms with van der Waals surface area (Å²) in [6.45, 7) is 3.37. The maximum Gasteiger partial charge on any atom is 0.263 e. The lowest BCUT2D eigenvalue weighted by Gasteiger charge is -2.34. The van der Waals surface area contributed by atoms with E-state index in [0.717, 1.165) is 45.9 Å². The SMILES string of the molecule is O=C1CN2C(=NN1CN1CCCC1)CN=C(c1ccccc1)c1cc(Br)ccc12. The van der Waals surface area contributed by atoms with Crippen LogP contribution in [0.25, 0.3) is 0 Å². The lowest BCUT2D eigenvalue weighted by atomic mass is 10.00. The summed E-state index contributed by atoms with van der Waals surface area (Å²) in [5, 5.41) is 6.35. The summed E-state index contributed by atoms with van der Waals surface area (Å²) in [6, 6.07) is 16.3. The molecule has 5 rings (SSSR count). The number of aliphatic imine (C=N–C) groups is 1. The third-order valence-corrected chi connectivity index (χ3v) is 6.09. The summed E-state index contributed by atoms with van der Waals surface area (Å²) >= 11 is 3.59. The standard InChI is InChI=1S/C22H22BrN5O/c23-17-8-9-19-18(12-17)22(16-6-2-1-3-7-16)24-13-20-25-28(21(29)14-27(19)20)15-26-10-4-5-11-26/h1-3,6-9,12H,4-5,10-11,13-15H2. The van der Waals surface area contributed by atoms with Crippen LogP contribution in [0.15, 0.2) is 63.1 Å². The molecule has 0 saturated carbocycles. The first kappa shape index (κ1) is 18.5. The fourth-order valence-electron chi connectivity index (χ4n) is 4.13. The van der Waals surface area contributed by atoms with Crippen molar-refractivity contribution in [3.8, 4) is 0 Å². The van der Waals surface area contributed by atoms with Gasteiger partial charge < -0.3 is 4.90 Å². The van der Waals surface area contributed by atoms with E-state index in [1.165, 1.54) is 12.8 Å². The number of fused-ring (bicyclic) bond motifs is 3. The molecule has 0 N–H and O–H groups in total. The Morgan fingerprint density at radius 3 is 2.62 bits per heavy atom. The van der Waals surface area contributed by atoms with Gasteiger partial charge in [-0.3, -0.25) is 14.7 Å². The van der Waals surface area contributed by atoms with Crippen LogP contribution in [0.3, 0.4) is 0 Å². The van der Waals surface area contributed by atoms with Crippen LogP contribution in [-0.4, -0.2) is 60.2 Å². The Balaban J connectivity index is 1.56. The van der Waals surface area contributed by atoms with E-state index in [4.69, 9.17) is 10.1 Å². The van der Waals surface area contributed by atoms with Gasteiger partial charge in [0.1, 0.15) is 6.54 Å². The van der Waals surface area contributed by atoms with Gasteiger partial charge in [0.15, 0.2) is 5.84 Å². The van der Waals surface area contributed by atoms with Crippen LogP contribution in [0.2, 0.25) is 0 Å². The van der Waals surface area contributed by atoms with E-state index in [1.54, 1.807) is 5.01 Å². The van der Waals surface area contributed by atoms with Gasteiger partial charge in [0.05, 0.1) is 24.6 Å². The molecule has 3 aliphatic rings. The Hall–Kier alpha value is -2.51. The average Bonchev–Trinajstić information content (AvgIpc) is 3.19. The number of nitrogens with zero attached hydrogens (tertiary/aromatic N) is 5. The number of rotatable bonds is 3. The van der Waals surface area contributed by atoms with Gasteiger partial charge in [-0.15, -0.1) is 0 Å². The molecule has 3 aliphatic heterocycles. The van der Waals surface area contributed by atoms with Gasteiger partial charge in [-0.25, -0.2) is 5.01 Å². The summed E-state index contributed by atoms with van der Waals surface area (Å²) < 4.78 is 0.985. The van der Waals surface area contributed by atoms with E-state index < -0.39 is 0 Å². The molecule has 148 valence electrons. The predicted octanol–water partition coefficient (Wildman–Crippen LogP) is 3.32. The topological polar surface area (TPSA) is 51.5 Å². The van der Waals surface area contributed by atoms with Crippen molar-refractivity contribution in [1.82, 2.24) is 9.91 Å². The number of hydrazone groups is 1. The van der Waals surface area contributed by atoms with Crippen molar-refractivity contribution in [2.24, 2.45) is 10.1 Å². The Kier molecular flexibility index (Phi) is 4.93. The molecule has 2 aromatic carbocycles. The summed E-state index contributed by atoms with van der Waals surface area (Å²) in [5.41, 5.74) is 3.97. The van der Waals surface area contributed by atoms with Gasteiger partial charge in [-0.2, -0.15) is 5.10 Å². The van der Waals surface area contributed by atoms with Crippen molar-refractivity contribution in [1.29, 1.82) is 0 Å². The molecule has 1 fully saturated rings. The smallest absolute Gasteiger partial charge is 0.263 e. The normalized spacial score (nSPS) is 19.4. The first-order chi connectivity index (χ1) is 14.2. The Bertz CT molecular complexity index is 998. The van der Waals surface area contributed by atoms with Crippen LogP contribution in [-0.2, 0) is 4.79 Å². The molecule has 3 heterocycles. The number of carbonyl (C=O) groups is 1. The number of likely N-dealkylation sites (tertiary alicyclic amines) is 1. The Morgan fingerprint density at radius 2 is 1.83 bits per heavy atom. The van der Waals surface area contributed by atoms with Crippen LogP contribution < -0.4 is 4.90 Å². The maximum atomic E-state index is 12.9. The molecule has 2 aromatic rings. The van der Waals surface area contributed by atoms with E-state index >= 15 is 0 Å². The van der Waals surface area contributed by atoms with E-state index in [2.05, 4.69) is 39.0 Å². The number of benzene rings is 2. The summed E-state index contributed by atoms with van der Waals surface area (Å²) in [4.78, 5) is 22.1. The van der Waals surface area contributed by atoms with Crippen molar-refractivity contribution in [3.63, 3.8) is 0 Å². The highest BCUT2D eigenvalue weighted by Crippen LogP contribution is 2.31. The lowest BCUT2D eigenvalue weighted by molar-refractivity contribution is -0.132. The molecule has 1 saturated heterocycles. The highest BCUT2D eigenvalue weighted by atomic mass is 79.9. The van der Waals surface area contributed by atoms with Crippen LogP contribution in [0.1, 0.15) is 24.0 Å². The number of hydrogen-bond acceptors (Lipinski definition) is 5. The van der Waals surface area contributed by atoms with Crippen molar-refractivity contribution in [3.05, 3.63) is 64.1 Å². The first-order valence-electron chi connectivity index (χ1n) is 9.96. The highest BCUT2D eigenvalue weighted by molar-refractivity contribution is 9.10. The molecule has 1 amide bonds. The largest absolute Gasteiger partial charge is 0.317 e. The third kappa shape index (κ3) is 3.60. The molecular weight excluding hydrogens is 430 g/mol. The van der Waals surface area contributed by atoms with Crippen molar-refractivity contribution in [2.45, 2.75) is 12.8 Å². The zero-order valence-corrected chi connectivity index (χ0v) is 17.7. The second-order valence-corrected chi connectivity index (χ2v) is 8.47. The van der Waals surface area contributed by atoms with Gasteiger partial charge >= 0.3 is 0 Å². The number of carbonyl (C=O) groups excluding carboxylic acids is 1. The van der Waals surface area contributed by atoms with Crippen LogP contribution in [0.4, 0.5) is 5.69 Å². The highest BCUT2D eigenvalue weighted by Gasteiger charge is 2.32. The van der Waals surface area contributed by atoms with E-state index in [0.29, 0.717) is 19.8 Å². The van der Waals surface area contributed by atoms with Gasteiger partial charge in [-0.05, 0) is 44.1 Å². The van der Waals surface area contributed by atoms with Crippen LogP contribution in [0.5, 0.6) is 0 Å². The van der Waals surface area contributed by atoms with Gasteiger partial charge in [0.2, 0.25) is 0 Å². The van der Waals surface area contributed by atoms with Crippen molar-refractivity contribution < 1.29 is 4.79 Å². The Morgan fingerprint density at radius 1 is 1.03 bits per heavy atom. The minimum atomic E-state index is 0.0256. The zero-order chi connectivity index (χ0) is 19.8. The van der Waals surface area contributed by atoms with Crippen LogP contribution in [0, 0.1) is 0 Å². The Labute approximate surface area is 178 Å². The zero-order valence-electron chi connectivity index (χ0n) is 16.1. The molecule has 0 atom stereocenters. The molecule has 0 bridgehead atoms. The number of anilines is 1. The quantitative estimate of drug-likeness (QED) is 0.718. The molecule has 0 unspecified atom stereocenters. The van der Waals surface area contributed by atoms with Gasteiger partial charge in [0.25, 0.3) is 5.91 Å².